The Morgan fingerprint density at radius 3 is 2.86 bits per heavy atom. The van der Waals surface area contributed by atoms with Crippen molar-refractivity contribution in [3.63, 3.8) is 0 Å². The monoisotopic (exact) mass is 297 g/mol. The third-order valence-corrected chi connectivity index (χ3v) is 5.17. The minimum absolute atomic E-state index is 0.587. The van der Waals surface area contributed by atoms with Crippen LogP contribution in [0.2, 0.25) is 0 Å². The molecule has 0 spiro atoms. The minimum atomic E-state index is 0.587. The SMILES string of the molecule is Cc1cccn2c(NC3CCCC3)c(-c3cccs3)nc12. The number of hydrogen-bond donors (Lipinski definition) is 1. The Labute approximate surface area is 128 Å². The molecular weight excluding hydrogens is 278 g/mol. The summed E-state index contributed by atoms with van der Waals surface area (Å²) in [7, 11) is 0. The molecule has 0 amide bonds. The third kappa shape index (κ3) is 2.23. The van der Waals surface area contributed by atoms with Crippen molar-refractivity contribution in [2.24, 2.45) is 0 Å². The van der Waals surface area contributed by atoms with Gasteiger partial charge in [0.1, 0.15) is 17.2 Å². The van der Waals surface area contributed by atoms with Crippen molar-refractivity contribution < 1.29 is 0 Å². The number of nitrogens with zero attached hydrogens (tertiary/aromatic N) is 2. The number of anilines is 1. The van der Waals surface area contributed by atoms with Crippen LogP contribution in [0, 0.1) is 6.92 Å². The van der Waals surface area contributed by atoms with Gasteiger partial charge in [0, 0.05) is 12.2 Å². The van der Waals surface area contributed by atoms with Crippen molar-refractivity contribution in [3.8, 4) is 10.6 Å². The van der Waals surface area contributed by atoms with Crippen LogP contribution in [-0.4, -0.2) is 15.4 Å². The smallest absolute Gasteiger partial charge is 0.142 e. The van der Waals surface area contributed by atoms with Gasteiger partial charge in [-0.25, -0.2) is 4.98 Å². The van der Waals surface area contributed by atoms with Crippen molar-refractivity contribution in [2.45, 2.75) is 38.6 Å². The van der Waals surface area contributed by atoms with E-state index in [1.807, 2.05) is 0 Å². The Balaban J connectivity index is 1.88. The van der Waals surface area contributed by atoms with Gasteiger partial charge in [-0.3, -0.25) is 4.40 Å². The first-order valence-corrected chi connectivity index (χ1v) is 8.49. The summed E-state index contributed by atoms with van der Waals surface area (Å²) in [4.78, 5) is 6.14. The molecule has 0 radical (unpaired) electrons. The number of imidazole rings is 1. The van der Waals surface area contributed by atoms with Gasteiger partial charge in [-0.1, -0.05) is 25.0 Å². The fourth-order valence-electron chi connectivity index (χ4n) is 3.19. The van der Waals surface area contributed by atoms with E-state index in [2.05, 4.69) is 52.5 Å². The van der Waals surface area contributed by atoms with E-state index in [4.69, 9.17) is 4.98 Å². The summed E-state index contributed by atoms with van der Waals surface area (Å²) in [5.74, 6) is 1.16. The molecule has 1 aliphatic carbocycles. The molecule has 1 aliphatic rings. The second-order valence-corrected chi connectivity index (χ2v) is 6.74. The number of hydrogen-bond acceptors (Lipinski definition) is 3. The van der Waals surface area contributed by atoms with Gasteiger partial charge < -0.3 is 5.32 Å². The predicted molar refractivity (Wildman–Crippen MR) is 89.1 cm³/mol. The highest BCUT2D eigenvalue weighted by Crippen LogP contribution is 2.34. The van der Waals surface area contributed by atoms with Crippen LogP contribution < -0.4 is 5.32 Å². The second kappa shape index (κ2) is 5.19. The summed E-state index contributed by atoms with van der Waals surface area (Å²) in [5, 5.41) is 5.87. The van der Waals surface area contributed by atoms with Crippen LogP contribution in [0.15, 0.2) is 35.8 Å². The number of rotatable bonds is 3. The lowest BCUT2D eigenvalue weighted by Crippen LogP contribution is -2.16. The van der Waals surface area contributed by atoms with E-state index < -0.39 is 0 Å². The van der Waals surface area contributed by atoms with Crippen molar-refractivity contribution >= 4 is 22.8 Å². The summed E-state index contributed by atoms with van der Waals surface area (Å²) in [5.41, 5.74) is 3.36. The van der Waals surface area contributed by atoms with Gasteiger partial charge >= 0.3 is 0 Å². The molecule has 0 atom stereocenters. The summed E-state index contributed by atoms with van der Waals surface area (Å²) in [6.45, 7) is 2.12. The normalized spacial score (nSPS) is 15.9. The quantitative estimate of drug-likeness (QED) is 0.757. The van der Waals surface area contributed by atoms with Crippen molar-refractivity contribution in [3.05, 3.63) is 41.4 Å². The standard InChI is InChI=1S/C17H19N3S/c1-12-6-4-10-20-16(12)19-15(14-9-5-11-21-14)17(20)18-13-7-2-3-8-13/h4-6,9-11,13,18H,2-3,7-8H2,1H3. The van der Waals surface area contributed by atoms with Crippen molar-refractivity contribution in [2.75, 3.05) is 5.32 Å². The Bertz CT molecular complexity index is 752. The van der Waals surface area contributed by atoms with E-state index in [1.54, 1.807) is 11.3 Å². The molecule has 108 valence electrons. The van der Waals surface area contributed by atoms with E-state index in [0.29, 0.717) is 6.04 Å². The zero-order valence-electron chi connectivity index (χ0n) is 12.2. The number of thiophene rings is 1. The topological polar surface area (TPSA) is 29.3 Å². The number of aryl methyl sites for hydroxylation is 1. The average molecular weight is 297 g/mol. The van der Waals surface area contributed by atoms with Crippen LogP contribution in [0.4, 0.5) is 5.82 Å². The van der Waals surface area contributed by atoms with Crippen molar-refractivity contribution in [1.82, 2.24) is 9.38 Å². The molecule has 0 saturated heterocycles. The molecule has 1 saturated carbocycles. The van der Waals surface area contributed by atoms with Gasteiger partial charge in [-0.2, -0.15) is 0 Å². The molecule has 3 aromatic heterocycles. The number of aromatic nitrogens is 2. The Hall–Kier alpha value is -1.81. The first-order chi connectivity index (χ1) is 10.3. The minimum Gasteiger partial charge on any atom is -0.367 e. The van der Waals surface area contributed by atoms with Gasteiger partial charge in [-0.15, -0.1) is 11.3 Å². The largest absolute Gasteiger partial charge is 0.367 e. The lowest BCUT2D eigenvalue weighted by molar-refractivity contribution is 0.749. The Kier molecular flexibility index (Phi) is 3.19. The number of fused-ring (bicyclic) bond motifs is 1. The second-order valence-electron chi connectivity index (χ2n) is 5.80. The molecule has 1 N–H and O–H groups in total. The van der Waals surface area contributed by atoms with Gasteiger partial charge in [0.15, 0.2) is 0 Å². The van der Waals surface area contributed by atoms with Crippen LogP contribution in [-0.2, 0) is 0 Å². The molecule has 3 nitrogen and oxygen atoms in total. The summed E-state index contributed by atoms with van der Waals surface area (Å²) in [6, 6.07) is 9.06. The first-order valence-electron chi connectivity index (χ1n) is 7.61. The Morgan fingerprint density at radius 1 is 1.24 bits per heavy atom. The van der Waals surface area contributed by atoms with Gasteiger partial charge in [0.05, 0.1) is 4.88 Å². The summed E-state index contributed by atoms with van der Waals surface area (Å²) >= 11 is 1.75. The number of nitrogens with one attached hydrogen (secondary N) is 1. The lowest BCUT2D eigenvalue weighted by Gasteiger charge is -2.14. The van der Waals surface area contributed by atoms with Crippen LogP contribution in [0.25, 0.3) is 16.2 Å². The number of pyridine rings is 1. The van der Waals surface area contributed by atoms with Gasteiger partial charge in [-0.05, 0) is 42.8 Å². The highest BCUT2D eigenvalue weighted by Gasteiger charge is 2.21. The van der Waals surface area contributed by atoms with Crippen LogP contribution in [0.5, 0.6) is 0 Å². The average Bonchev–Trinajstić information content (AvgIpc) is 3.20. The molecule has 0 unspecified atom stereocenters. The highest BCUT2D eigenvalue weighted by atomic mass is 32.1. The molecular formula is C17H19N3S. The van der Waals surface area contributed by atoms with E-state index in [-0.39, 0.29) is 0 Å². The fourth-order valence-corrected chi connectivity index (χ4v) is 3.91. The fraction of sp³-hybridized carbons (Fsp3) is 0.353. The van der Waals surface area contributed by atoms with Crippen LogP contribution >= 0.6 is 11.3 Å². The molecule has 1 fully saturated rings. The molecule has 4 heteroatoms. The van der Waals surface area contributed by atoms with E-state index in [0.717, 1.165) is 17.2 Å². The third-order valence-electron chi connectivity index (χ3n) is 4.30. The maximum Gasteiger partial charge on any atom is 0.142 e. The van der Waals surface area contributed by atoms with Crippen LogP contribution in [0.1, 0.15) is 31.2 Å². The zero-order valence-corrected chi connectivity index (χ0v) is 13.0. The van der Waals surface area contributed by atoms with Gasteiger partial charge in [0.2, 0.25) is 0 Å². The highest BCUT2D eigenvalue weighted by molar-refractivity contribution is 7.13. The summed E-state index contributed by atoms with van der Waals surface area (Å²) < 4.78 is 2.21. The molecule has 0 aliphatic heterocycles. The van der Waals surface area contributed by atoms with E-state index in [9.17, 15) is 0 Å². The maximum absolute atomic E-state index is 4.91. The molecule has 0 aromatic carbocycles. The summed E-state index contributed by atoms with van der Waals surface area (Å²) in [6.07, 6.45) is 7.32. The van der Waals surface area contributed by atoms with Gasteiger partial charge in [0.25, 0.3) is 0 Å². The molecule has 21 heavy (non-hydrogen) atoms. The predicted octanol–water partition coefficient (Wildman–Crippen LogP) is 4.73. The van der Waals surface area contributed by atoms with Crippen molar-refractivity contribution in [1.29, 1.82) is 0 Å². The molecule has 4 rings (SSSR count). The van der Waals surface area contributed by atoms with Crippen LogP contribution in [0.3, 0.4) is 0 Å². The lowest BCUT2D eigenvalue weighted by atomic mass is 10.2. The molecule has 3 aromatic rings. The zero-order chi connectivity index (χ0) is 14.2. The first kappa shape index (κ1) is 12.9. The molecule has 3 heterocycles. The molecule has 0 bridgehead atoms. The Morgan fingerprint density at radius 2 is 2.10 bits per heavy atom. The van der Waals surface area contributed by atoms with E-state index in [1.165, 1.54) is 36.1 Å². The van der Waals surface area contributed by atoms with E-state index >= 15 is 0 Å². The maximum atomic E-state index is 4.91.